The Hall–Kier alpha value is -3.32. The quantitative estimate of drug-likeness (QED) is 0.579. The second kappa shape index (κ2) is 8.20. The lowest BCUT2D eigenvalue weighted by Gasteiger charge is -2.12. The summed E-state index contributed by atoms with van der Waals surface area (Å²) in [6, 6.07) is 16.0. The Kier molecular flexibility index (Phi) is 5.46. The van der Waals surface area contributed by atoms with Crippen LogP contribution in [0.3, 0.4) is 0 Å². The van der Waals surface area contributed by atoms with Gasteiger partial charge in [0.15, 0.2) is 0 Å². The van der Waals surface area contributed by atoms with E-state index in [0.717, 1.165) is 34.4 Å². The van der Waals surface area contributed by atoms with Crippen LogP contribution in [0.1, 0.15) is 22.5 Å². The number of ether oxygens (including phenoxy) is 1. The lowest BCUT2D eigenvalue weighted by atomic mass is 10.2. The highest BCUT2D eigenvalue weighted by atomic mass is 32.2. The average Bonchev–Trinajstić information content (AvgIpc) is 3.19. The summed E-state index contributed by atoms with van der Waals surface area (Å²) in [5.74, 6) is -0.0133. The number of rotatable bonds is 5. The van der Waals surface area contributed by atoms with Crippen LogP contribution in [0.25, 0.3) is 11.8 Å². The zero-order chi connectivity index (χ0) is 21.3. The summed E-state index contributed by atoms with van der Waals surface area (Å²) in [4.78, 5) is 23.6. The minimum Gasteiger partial charge on any atom is -0.489 e. The van der Waals surface area contributed by atoms with Crippen LogP contribution in [-0.4, -0.2) is 15.7 Å². The molecule has 5 nitrogen and oxygen atoms in total. The summed E-state index contributed by atoms with van der Waals surface area (Å²) in [7, 11) is 0. The maximum atomic E-state index is 13.7. The normalized spacial score (nSPS) is 15.0. The topological polar surface area (TPSA) is 60.3 Å². The molecule has 0 radical (unpaired) electrons. The molecule has 2 heterocycles. The van der Waals surface area contributed by atoms with Crippen LogP contribution < -0.4 is 10.1 Å². The van der Waals surface area contributed by atoms with Gasteiger partial charge in [0.05, 0.1) is 4.91 Å². The fourth-order valence-electron chi connectivity index (χ4n) is 3.36. The van der Waals surface area contributed by atoms with E-state index < -0.39 is 0 Å². The molecule has 1 fully saturated rings. The molecule has 4 rings (SSSR count). The first kappa shape index (κ1) is 20.0. The van der Waals surface area contributed by atoms with E-state index in [-0.39, 0.29) is 23.6 Å². The van der Waals surface area contributed by atoms with E-state index >= 15 is 0 Å². The number of carbonyl (C=O) groups is 2. The van der Waals surface area contributed by atoms with Gasteiger partial charge in [-0.05, 0) is 73.6 Å². The number of aromatic nitrogens is 1. The number of benzene rings is 2. The zero-order valence-corrected chi connectivity index (χ0v) is 17.3. The maximum Gasteiger partial charge on any atom is 0.290 e. The summed E-state index contributed by atoms with van der Waals surface area (Å²) < 4.78 is 21.5. The van der Waals surface area contributed by atoms with Crippen LogP contribution in [0, 0.1) is 19.7 Å². The number of amides is 2. The SMILES string of the molecule is Cc1cc(/C=C2\SC(=O)NC2=O)c(C)n1-c1ccc(OCc2ccccc2F)cc1. The zero-order valence-electron chi connectivity index (χ0n) is 16.4. The molecule has 30 heavy (non-hydrogen) atoms. The standard InChI is InChI=1S/C23H19FN2O3S/c1-14-11-17(12-21-22(27)25-23(28)30-21)15(2)26(14)18-7-9-19(10-8-18)29-13-16-5-3-4-6-20(16)24/h3-12H,13H2,1-2H3,(H,25,27,28)/b21-12-. The van der Waals surface area contributed by atoms with Crippen LogP contribution >= 0.6 is 11.8 Å². The van der Waals surface area contributed by atoms with Crippen molar-refractivity contribution >= 4 is 29.0 Å². The van der Waals surface area contributed by atoms with Crippen LogP contribution in [0.2, 0.25) is 0 Å². The lowest BCUT2D eigenvalue weighted by Crippen LogP contribution is -2.17. The number of halogens is 1. The van der Waals surface area contributed by atoms with E-state index in [0.29, 0.717) is 16.2 Å². The first-order valence-corrected chi connectivity index (χ1v) is 10.1. The first-order valence-electron chi connectivity index (χ1n) is 9.33. The van der Waals surface area contributed by atoms with Crippen LogP contribution in [0.15, 0.2) is 59.5 Å². The minimum absolute atomic E-state index is 0.157. The van der Waals surface area contributed by atoms with Crippen LogP contribution in [-0.2, 0) is 11.4 Å². The second-order valence-corrected chi connectivity index (χ2v) is 7.90. The molecule has 0 unspecified atom stereocenters. The minimum atomic E-state index is -0.369. The van der Waals surface area contributed by atoms with Crippen molar-refractivity contribution < 1.29 is 18.7 Å². The number of carbonyl (C=O) groups excluding carboxylic acids is 2. The van der Waals surface area contributed by atoms with Gasteiger partial charge in [0.2, 0.25) is 0 Å². The highest BCUT2D eigenvalue weighted by Gasteiger charge is 2.25. The largest absolute Gasteiger partial charge is 0.489 e. The Balaban J connectivity index is 1.54. The Morgan fingerprint density at radius 2 is 1.83 bits per heavy atom. The molecule has 7 heteroatoms. The van der Waals surface area contributed by atoms with E-state index in [2.05, 4.69) is 9.88 Å². The van der Waals surface area contributed by atoms with E-state index in [9.17, 15) is 14.0 Å². The van der Waals surface area contributed by atoms with Gasteiger partial charge < -0.3 is 9.30 Å². The predicted molar refractivity (Wildman–Crippen MR) is 115 cm³/mol. The fraction of sp³-hybridized carbons (Fsp3) is 0.130. The van der Waals surface area contributed by atoms with Crippen molar-refractivity contribution in [2.75, 3.05) is 0 Å². The molecule has 0 bridgehead atoms. The Bertz CT molecular complexity index is 1170. The van der Waals surface area contributed by atoms with Gasteiger partial charge in [-0.2, -0.15) is 0 Å². The Labute approximate surface area is 177 Å². The third-order valence-electron chi connectivity index (χ3n) is 4.85. The summed E-state index contributed by atoms with van der Waals surface area (Å²) in [6.07, 6.45) is 1.73. The maximum absolute atomic E-state index is 13.7. The van der Waals surface area contributed by atoms with Gasteiger partial charge in [-0.3, -0.25) is 14.9 Å². The van der Waals surface area contributed by atoms with E-state index in [1.807, 2.05) is 44.2 Å². The van der Waals surface area contributed by atoms with Crippen molar-refractivity contribution in [3.05, 3.63) is 87.8 Å². The smallest absolute Gasteiger partial charge is 0.290 e. The predicted octanol–water partition coefficient (Wildman–Crippen LogP) is 5.14. The van der Waals surface area contributed by atoms with Gasteiger partial charge in [0.1, 0.15) is 18.2 Å². The van der Waals surface area contributed by atoms with Crippen molar-refractivity contribution in [3.8, 4) is 11.4 Å². The number of aryl methyl sites for hydroxylation is 1. The molecular weight excluding hydrogens is 403 g/mol. The number of nitrogens with one attached hydrogen (secondary N) is 1. The molecule has 1 aromatic heterocycles. The van der Waals surface area contributed by atoms with Crippen molar-refractivity contribution in [2.45, 2.75) is 20.5 Å². The Morgan fingerprint density at radius 1 is 1.10 bits per heavy atom. The number of hydrogen-bond acceptors (Lipinski definition) is 4. The van der Waals surface area contributed by atoms with E-state index in [1.165, 1.54) is 6.07 Å². The van der Waals surface area contributed by atoms with Crippen molar-refractivity contribution in [2.24, 2.45) is 0 Å². The molecule has 2 amide bonds. The number of imide groups is 1. The summed E-state index contributed by atoms with van der Waals surface area (Å²) in [6.45, 7) is 4.09. The molecule has 3 aromatic rings. The lowest BCUT2D eigenvalue weighted by molar-refractivity contribution is -0.115. The van der Waals surface area contributed by atoms with E-state index in [1.54, 1.807) is 24.3 Å². The molecule has 0 aliphatic carbocycles. The van der Waals surface area contributed by atoms with Gasteiger partial charge in [-0.1, -0.05) is 18.2 Å². The third-order valence-corrected chi connectivity index (χ3v) is 5.66. The average molecular weight is 422 g/mol. The molecule has 0 atom stereocenters. The van der Waals surface area contributed by atoms with E-state index in [4.69, 9.17) is 4.74 Å². The molecular formula is C23H19FN2O3S. The summed E-state index contributed by atoms with van der Waals surface area (Å²) >= 11 is 0.904. The van der Waals surface area contributed by atoms with Crippen molar-refractivity contribution in [3.63, 3.8) is 0 Å². The molecule has 152 valence electrons. The van der Waals surface area contributed by atoms with Gasteiger partial charge in [-0.15, -0.1) is 0 Å². The monoisotopic (exact) mass is 422 g/mol. The number of hydrogen-bond donors (Lipinski definition) is 1. The van der Waals surface area contributed by atoms with Gasteiger partial charge in [0, 0.05) is 22.6 Å². The molecule has 0 saturated carbocycles. The van der Waals surface area contributed by atoms with Gasteiger partial charge >= 0.3 is 0 Å². The Morgan fingerprint density at radius 3 is 2.50 bits per heavy atom. The second-order valence-electron chi connectivity index (χ2n) is 6.89. The van der Waals surface area contributed by atoms with Crippen molar-refractivity contribution in [1.82, 2.24) is 9.88 Å². The van der Waals surface area contributed by atoms with Crippen LogP contribution in [0.5, 0.6) is 5.75 Å². The fourth-order valence-corrected chi connectivity index (χ4v) is 4.03. The number of thioether (sulfide) groups is 1. The molecule has 1 aliphatic rings. The summed E-state index contributed by atoms with van der Waals surface area (Å²) in [5.41, 5.74) is 4.26. The molecule has 0 spiro atoms. The molecule has 1 aliphatic heterocycles. The molecule has 1 N–H and O–H groups in total. The van der Waals surface area contributed by atoms with Crippen molar-refractivity contribution in [1.29, 1.82) is 0 Å². The summed E-state index contributed by atoms with van der Waals surface area (Å²) in [5, 5.41) is 1.91. The van der Waals surface area contributed by atoms with Crippen LogP contribution in [0.4, 0.5) is 9.18 Å². The molecule has 2 aromatic carbocycles. The third kappa shape index (κ3) is 4.02. The van der Waals surface area contributed by atoms with Gasteiger partial charge in [-0.25, -0.2) is 4.39 Å². The first-order chi connectivity index (χ1) is 14.4. The van der Waals surface area contributed by atoms with Gasteiger partial charge in [0.25, 0.3) is 11.1 Å². The number of nitrogens with zero attached hydrogens (tertiary/aromatic N) is 1. The highest BCUT2D eigenvalue weighted by molar-refractivity contribution is 8.18. The highest BCUT2D eigenvalue weighted by Crippen LogP contribution is 2.29. The molecule has 1 saturated heterocycles.